The molecule has 1 amide bonds. The van der Waals surface area contributed by atoms with Crippen molar-refractivity contribution < 1.29 is 19.4 Å². The van der Waals surface area contributed by atoms with Gasteiger partial charge in [-0.15, -0.1) is 11.3 Å². The van der Waals surface area contributed by atoms with E-state index in [1.54, 1.807) is 0 Å². The number of carbonyl (C=O) groups excluding carboxylic acids is 1. The third kappa shape index (κ3) is 4.14. The van der Waals surface area contributed by atoms with E-state index in [4.69, 9.17) is 27.9 Å². The molecule has 9 heteroatoms. The van der Waals surface area contributed by atoms with E-state index in [9.17, 15) is 14.7 Å². The third-order valence-electron chi connectivity index (χ3n) is 4.91. The summed E-state index contributed by atoms with van der Waals surface area (Å²) < 4.78 is 5.65. The quantitative estimate of drug-likeness (QED) is 0.504. The number of carboxylic acids is 1. The molecule has 0 fully saturated rings. The molecule has 1 aromatic heterocycles. The number of aliphatic carboxylic acids is 1. The number of aromatic nitrogens is 1. The predicted molar refractivity (Wildman–Crippen MR) is 115 cm³/mol. The van der Waals surface area contributed by atoms with Gasteiger partial charge in [-0.1, -0.05) is 71.7 Å². The summed E-state index contributed by atoms with van der Waals surface area (Å²) in [5.74, 6) is -1.19. The average molecular weight is 463 g/mol. The Balaban J connectivity index is 1.49. The van der Waals surface area contributed by atoms with E-state index >= 15 is 0 Å². The predicted octanol–water partition coefficient (Wildman–Crippen LogP) is 5.50. The van der Waals surface area contributed by atoms with Gasteiger partial charge < -0.3 is 15.2 Å². The van der Waals surface area contributed by atoms with E-state index in [-0.39, 0.29) is 28.6 Å². The first-order valence-electron chi connectivity index (χ1n) is 9.09. The Bertz CT molecular complexity index is 1070. The zero-order valence-electron chi connectivity index (χ0n) is 15.5. The van der Waals surface area contributed by atoms with E-state index in [1.807, 2.05) is 48.5 Å². The molecule has 1 aliphatic rings. The van der Waals surface area contributed by atoms with Crippen molar-refractivity contribution in [2.24, 2.45) is 0 Å². The summed E-state index contributed by atoms with van der Waals surface area (Å²) in [6, 6.07) is 15.1. The molecule has 1 aliphatic carbocycles. The number of benzene rings is 2. The number of carbonyl (C=O) groups is 2. The lowest BCUT2D eigenvalue weighted by atomic mass is 9.98. The van der Waals surface area contributed by atoms with Gasteiger partial charge in [0.25, 0.3) is 0 Å². The van der Waals surface area contributed by atoms with Crippen LogP contribution in [0.5, 0.6) is 0 Å². The monoisotopic (exact) mass is 462 g/mol. The Morgan fingerprint density at radius 2 is 1.70 bits per heavy atom. The molecule has 1 heterocycles. The second-order valence-electron chi connectivity index (χ2n) is 6.74. The molecule has 154 valence electrons. The largest absolute Gasteiger partial charge is 0.481 e. The topological polar surface area (TPSA) is 88.5 Å². The number of alkyl carbamates (subject to hydrolysis) is 1. The molecule has 2 N–H and O–H groups in total. The van der Waals surface area contributed by atoms with Gasteiger partial charge in [-0.05, 0) is 22.3 Å². The second kappa shape index (κ2) is 8.63. The van der Waals surface area contributed by atoms with Crippen LogP contribution in [0.4, 0.5) is 4.79 Å². The van der Waals surface area contributed by atoms with E-state index in [2.05, 4.69) is 10.3 Å². The summed E-state index contributed by atoms with van der Waals surface area (Å²) in [6.07, 6.45) is -1.11. The number of nitrogens with zero attached hydrogens (tertiary/aromatic N) is 1. The number of hydrogen-bond acceptors (Lipinski definition) is 5. The van der Waals surface area contributed by atoms with Gasteiger partial charge in [-0.3, -0.25) is 4.79 Å². The van der Waals surface area contributed by atoms with Crippen LogP contribution < -0.4 is 5.32 Å². The maximum Gasteiger partial charge on any atom is 0.407 e. The Kier molecular flexibility index (Phi) is 5.94. The van der Waals surface area contributed by atoms with Crippen LogP contribution in [-0.4, -0.2) is 28.8 Å². The minimum absolute atomic E-state index is 0.0650. The van der Waals surface area contributed by atoms with Gasteiger partial charge in [0.05, 0.1) is 17.3 Å². The summed E-state index contributed by atoms with van der Waals surface area (Å²) in [6.45, 7) is 0.122. The molecule has 0 radical (unpaired) electrons. The zero-order chi connectivity index (χ0) is 21.3. The van der Waals surface area contributed by atoms with Gasteiger partial charge in [-0.2, -0.15) is 0 Å². The van der Waals surface area contributed by atoms with Crippen LogP contribution in [0.15, 0.2) is 48.5 Å². The fourth-order valence-electron chi connectivity index (χ4n) is 3.67. The fourth-order valence-corrected chi connectivity index (χ4v) is 5.16. The van der Waals surface area contributed by atoms with Gasteiger partial charge in [-0.25, -0.2) is 9.78 Å². The zero-order valence-corrected chi connectivity index (χ0v) is 17.8. The summed E-state index contributed by atoms with van der Waals surface area (Å²) >= 11 is 12.9. The van der Waals surface area contributed by atoms with Crippen LogP contribution >= 0.6 is 34.5 Å². The van der Waals surface area contributed by atoms with Crippen molar-refractivity contribution in [3.63, 3.8) is 0 Å². The number of nitrogens with one attached hydrogen (secondary N) is 1. The van der Waals surface area contributed by atoms with Crippen molar-refractivity contribution in [1.29, 1.82) is 0 Å². The molecule has 4 rings (SSSR count). The van der Waals surface area contributed by atoms with Crippen molar-refractivity contribution in [3.8, 4) is 11.1 Å². The summed E-state index contributed by atoms with van der Waals surface area (Å²) in [5.41, 5.74) is 4.42. The second-order valence-corrected chi connectivity index (χ2v) is 8.71. The number of fused-ring (bicyclic) bond motifs is 3. The Morgan fingerprint density at radius 1 is 1.10 bits per heavy atom. The lowest BCUT2D eigenvalue weighted by Gasteiger charge is -2.18. The van der Waals surface area contributed by atoms with Crippen LogP contribution in [0, 0.1) is 0 Å². The van der Waals surface area contributed by atoms with Crippen LogP contribution in [0.3, 0.4) is 0 Å². The standard InChI is InChI=1S/C21H16Cl2N2O4S/c22-19-18(30-20(23)25-19)16(9-17(26)27)24-21(28)29-10-15-13-7-3-1-5-11(13)12-6-2-4-8-14(12)15/h1-8,15-16H,9-10H2,(H,24,28)(H,26,27)/t16-/m0/s1. The smallest absolute Gasteiger partial charge is 0.407 e. The maximum atomic E-state index is 12.5. The van der Waals surface area contributed by atoms with Crippen molar-refractivity contribution in [1.82, 2.24) is 10.3 Å². The molecule has 0 unspecified atom stereocenters. The number of hydrogen-bond donors (Lipinski definition) is 2. The molecular formula is C21H16Cl2N2O4S. The minimum atomic E-state index is -1.10. The van der Waals surface area contributed by atoms with E-state index in [0.29, 0.717) is 4.88 Å². The molecular weight excluding hydrogens is 447 g/mol. The number of ether oxygens (including phenoxy) is 1. The van der Waals surface area contributed by atoms with Gasteiger partial charge in [0.1, 0.15) is 11.8 Å². The first-order chi connectivity index (χ1) is 14.4. The number of carboxylic acid groups (broad SMARTS) is 1. The normalized spacial score (nSPS) is 13.4. The van der Waals surface area contributed by atoms with Crippen LogP contribution in [0.2, 0.25) is 9.62 Å². The molecule has 0 saturated carbocycles. The van der Waals surface area contributed by atoms with Gasteiger partial charge in [0.2, 0.25) is 0 Å². The highest BCUT2D eigenvalue weighted by Gasteiger charge is 2.30. The van der Waals surface area contributed by atoms with Crippen LogP contribution in [-0.2, 0) is 9.53 Å². The Hall–Kier alpha value is -2.61. The number of rotatable bonds is 6. The number of thiazole rings is 1. The lowest BCUT2D eigenvalue weighted by Crippen LogP contribution is -2.31. The summed E-state index contributed by atoms with van der Waals surface area (Å²) in [4.78, 5) is 28.0. The molecule has 0 aliphatic heterocycles. The van der Waals surface area contributed by atoms with E-state index in [1.165, 1.54) is 0 Å². The SMILES string of the molecule is O=C(O)C[C@H](NC(=O)OCC1c2ccccc2-c2ccccc21)c1sc(Cl)nc1Cl. The number of amides is 1. The highest BCUT2D eigenvalue weighted by Crippen LogP contribution is 2.44. The lowest BCUT2D eigenvalue weighted by molar-refractivity contribution is -0.137. The summed E-state index contributed by atoms with van der Waals surface area (Å²) in [5, 5.41) is 11.8. The first-order valence-corrected chi connectivity index (χ1v) is 10.7. The molecule has 0 spiro atoms. The summed E-state index contributed by atoms with van der Waals surface area (Å²) in [7, 11) is 0. The third-order valence-corrected chi connectivity index (χ3v) is 6.59. The van der Waals surface area contributed by atoms with Gasteiger partial charge in [0.15, 0.2) is 4.47 Å². The van der Waals surface area contributed by atoms with E-state index in [0.717, 1.165) is 33.6 Å². The first kappa shape index (κ1) is 20.7. The van der Waals surface area contributed by atoms with Crippen molar-refractivity contribution in [3.05, 3.63) is 74.2 Å². The Labute approximate surface area is 186 Å². The fraction of sp³-hybridized carbons (Fsp3) is 0.190. The molecule has 1 atom stereocenters. The van der Waals surface area contributed by atoms with Crippen molar-refractivity contribution in [2.75, 3.05) is 6.61 Å². The maximum absolute atomic E-state index is 12.5. The minimum Gasteiger partial charge on any atom is -0.481 e. The highest BCUT2D eigenvalue weighted by atomic mass is 35.5. The molecule has 3 aromatic rings. The van der Waals surface area contributed by atoms with Crippen molar-refractivity contribution >= 4 is 46.6 Å². The Morgan fingerprint density at radius 3 is 2.23 bits per heavy atom. The van der Waals surface area contributed by atoms with E-state index < -0.39 is 18.1 Å². The average Bonchev–Trinajstić information content (AvgIpc) is 3.22. The van der Waals surface area contributed by atoms with Gasteiger partial charge >= 0.3 is 12.1 Å². The number of halogens is 2. The van der Waals surface area contributed by atoms with Gasteiger partial charge in [0, 0.05) is 5.92 Å². The molecule has 0 bridgehead atoms. The molecule has 6 nitrogen and oxygen atoms in total. The van der Waals surface area contributed by atoms with Crippen LogP contribution in [0.25, 0.3) is 11.1 Å². The van der Waals surface area contributed by atoms with Crippen molar-refractivity contribution in [2.45, 2.75) is 18.4 Å². The highest BCUT2D eigenvalue weighted by molar-refractivity contribution is 7.16. The molecule has 2 aromatic carbocycles. The molecule has 30 heavy (non-hydrogen) atoms. The molecule has 0 saturated heterocycles. The van der Waals surface area contributed by atoms with Crippen LogP contribution in [0.1, 0.15) is 34.4 Å².